The number of halogens is 4. The summed E-state index contributed by atoms with van der Waals surface area (Å²) in [6.07, 6.45) is -4.66. The first-order valence-corrected chi connectivity index (χ1v) is 7.16. The molecule has 118 valence electrons. The molecular formula is C11H5B6BrF3NO3. The summed E-state index contributed by atoms with van der Waals surface area (Å²) in [6, 6.07) is 2.34. The van der Waals surface area contributed by atoms with Gasteiger partial charge in [0.1, 0.15) is 70.7 Å². The number of rotatable bonds is 6. The molecule has 12 radical (unpaired) electrons. The summed E-state index contributed by atoms with van der Waals surface area (Å²) in [6.45, 7) is -1.63. The Morgan fingerprint density at radius 3 is 1.72 bits per heavy atom. The zero-order valence-corrected chi connectivity index (χ0v) is 14.1. The molecule has 1 amide bonds. The van der Waals surface area contributed by atoms with Gasteiger partial charge in [-0.1, -0.05) is 15.9 Å². The van der Waals surface area contributed by atoms with Crippen LogP contribution in [0, 0.1) is 0 Å². The van der Waals surface area contributed by atoms with Crippen LogP contribution in [0.2, 0.25) is 0 Å². The van der Waals surface area contributed by atoms with Crippen LogP contribution in [0.4, 0.5) is 13.2 Å². The molecule has 1 N–H and O–H groups in total. The van der Waals surface area contributed by atoms with Gasteiger partial charge in [-0.3, -0.25) is 4.79 Å². The topological polar surface area (TPSA) is 47.6 Å². The van der Waals surface area contributed by atoms with E-state index >= 15 is 0 Å². The third-order valence-corrected chi connectivity index (χ3v) is 2.74. The molecule has 4 nitrogen and oxygen atoms in total. The molecular weight excluding hydrogens is 396 g/mol. The van der Waals surface area contributed by atoms with Crippen molar-refractivity contribution in [3.63, 3.8) is 0 Å². The number of alkyl halides is 3. The van der Waals surface area contributed by atoms with E-state index in [-0.39, 0.29) is 4.47 Å². The lowest BCUT2D eigenvalue weighted by Gasteiger charge is -2.29. The molecule has 0 atom stereocenters. The van der Waals surface area contributed by atoms with Crippen molar-refractivity contribution in [1.82, 2.24) is 5.32 Å². The van der Waals surface area contributed by atoms with Gasteiger partial charge in [-0.05, 0) is 22.7 Å². The Bertz CT molecular complexity index is 610. The van der Waals surface area contributed by atoms with Gasteiger partial charge in [-0.2, -0.15) is 13.2 Å². The molecule has 1 rings (SSSR count). The predicted octanol–water partition coefficient (Wildman–Crippen LogP) is -0.268. The minimum absolute atomic E-state index is 0.248. The van der Waals surface area contributed by atoms with Crippen LogP contribution in [0.1, 0.15) is 10.4 Å². The number of hydrogen-bond acceptors (Lipinski definition) is 3. The van der Waals surface area contributed by atoms with Crippen molar-refractivity contribution >= 4 is 68.9 Å². The second-order valence-corrected chi connectivity index (χ2v) is 5.90. The molecule has 0 spiro atoms. The van der Waals surface area contributed by atoms with Crippen LogP contribution >= 0.6 is 15.9 Å². The summed E-state index contributed by atoms with van der Waals surface area (Å²) in [5.41, 5.74) is -0.552. The molecule has 0 bridgehead atoms. The van der Waals surface area contributed by atoms with E-state index in [1.807, 2.05) is 0 Å². The van der Waals surface area contributed by atoms with Crippen LogP contribution in [-0.2, 0) is 0 Å². The number of amides is 1. The average Bonchev–Trinajstić information content (AvgIpc) is 2.30. The molecule has 25 heavy (non-hydrogen) atoms. The number of ether oxygens (including phenoxy) is 2. The molecule has 0 unspecified atom stereocenters. The quantitative estimate of drug-likeness (QED) is 0.669. The Morgan fingerprint density at radius 2 is 1.40 bits per heavy atom. The second-order valence-electron chi connectivity index (χ2n) is 4.99. The summed E-state index contributed by atoms with van der Waals surface area (Å²) in [4.78, 5) is 12.2. The van der Waals surface area contributed by atoms with E-state index in [4.69, 9.17) is 56.6 Å². The van der Waals surface area contributed by atoms with E-state index in [9.17, 15) is 18.0 Å². The lowest BCUT2D eigenvalue weighted by molar-refractivity contribution is -0.123. The van der Waals surface area contributed by atoms with Gasteiger partial charge >= 0.3 is 6.18 Å². The first-order chi connectivity index (χ1) is 11.1. The highest BCUT2D eigenvalue weighted by atomic mass is 79.9. The predicted molar refractivity (Wildman–Crippen MR) is 93.8 cm³/mol. The van der Waals surface area contributed by atoms with Gasteiger partial charge in [-0.15, -0.1) is 0 Å². The number of hydrogen-bond donors (Lipinski definition) is 1. The highest BCUT2D eigenvalue weighted by molar-refractivity contribution is 9.10. The Kier molecular flexibility index (Phi) is 6.75. The molecule has 0 fully saturated rings. The van der Waals surface area contributed by atoms with Crippen molar-refractivity contribution in [3.8, 4) is 11.5 Å². The van der Waals surface area contributed by atoms with Crippen LogP contribution in [-0.4, -0.2) is 76.3 Å². The Balaban J connectivity index is 3.38. The SMILES string of the molecule is [B]C([B])([B])Oc1cc(Br)cc(OC([B])([B])[B])c1C(=O)NCC(F)(F)F. The van der Waals surface area contributed by atoms with Crippen molar-refractivity contribution in [2.75, 3.05) is 6.54 Å². The Morgan fingerprint density at radius 1 is 1.00 bits per heavy atom. The molecule has 0 saturated heterocycles. The fourth-order valence-electron chi connectivity index (χ4n) is 1.59. The molecule has 14 heteroatoms. The van der Waals surface area contributed by atoms with Gasteiger partial charge in [0.05, 0.1) is 0 Å². The Labute approximate surface area is 158 Å². The maximum absolute atomic E-state index is 12.3. The first kappa shape index (κ1) is 22.0. The van der Waals surface area contributed by atoms with Gasteiger partial charge < -0.3 is 14.8 Å². The van der Waals surface area contributed by atoms with Crippen LogP contribution in [0.5, 0.6) is 11.5 Å². The average molecular weight is 401 g/mol. The van der Waals surface area contributed by atoms with Gasteiger partial charge in [0.25, 0.3) is 5.91 Å². The summed E-state index contributed by atoms with van der Waals surface area (Å²) in [7, 11) is 31.8. The maximum atomic E-state index is 12.3. The number of carbonyl (C=O) groups excluding carboxylic acids is 1. The highest BCUT2D eigenvalue weighted by Crippen LogP contribution is 2.35. The monoisotopic (exact) mass is 401 g/mol. The molecule has 0 aliphatic rings. The minimum Gasteiger partial charge on any atom is -0.515 e. The lowest BCUT2D eigenvalue weighted by Crippen LogP contribution is -2.41. The van der Waals surface area contributed by atoms with Gasteiger partial charge in [-0.25, -0.2) is 0 Å². The standard InChI is InChI=1S/C11H5B6BrF3NO3/c12-10(13,14)24-5-1-4(18)2-6(25-11(15,16)17)7(5)8(23)22-3-9(19,20)21/h1-2H,3H2,(H,22,23). The summed E-state index contributed by atoms with van der Waals surface area (Å²) < 4.78 is 47.2. The molecule has 1 aromatic carbocycles. The number of benzene rings is 1. The van der Waals surface area contributed by atoms with Gasteiger partial charge in [0, 0.05) is 4.47 Å². The van der Waals surface area contributed by atoms with Crippen LogP contribution < -0.4 is 14.8 Å². The smallest absolute Gasteiger partial charge is 0.405 e. The molecule has 0 aliphatic heterocycles. The molecule has 0 saturated carbocycles. The van der Waals surface area contributed by atoms with E-state index in [1.54, 1.807) is 5.32 Å². The van der Waals surface area contributed by atoms with Crippen LogP contribution in [0.3, 0.4) is 0 Å². The number of nitrogens with one attached hydrogen (secondary N) is 1. The van der Waals surface area contributed by atoms with E-state index in [0.29, 0.717) is 0 Å². The third kappa shape index (κ3) is 8.25. The molecule has 0 aromatic heterocycles. The first-order valence-electron chi connectivity index (χ1n) is 6.37. The molecule has 0 heterocycles. The third-order valence-electron chi connectivity index (χ3n) is 2.28. The van der Waals surface area contributed by atoms with Gasteiger partial charge in [0.2, 0.25) is 0 Å². The van der Waals surface area contributed by atoms with Crippen molar-refractivity contribution in [2.24, 2.45) is 0 Å². The zero-order chi connectivity index (χ0) is 19.6. The summed E-state index contributed by atoms with van der Waals surface area (Å²) in [5, 5.41) is -2.87. The normalized spacial score (nSPS) is 12.5. The zero-order valence-electron chi connectivity index (χ0n) is 12.6. The fraction of sp³-hybridized carbons (Fsp3) is 0.364. The largest absolute Gasteiger partial charge is 0.515 e. The second kappa shape index (κ2) is 7.68. The molecule has 0 aliphatic carbocycles. The minimum atomic E-state index is -4.66. The fourth-order valence-corrected chi connectivity index (χ4v) is 2.01. The van der Waals surface area contributed by atoms with Crippen molar-refractivity contribution in [3.05, 3.63) is 22.2 Å². The van der Waals surface area contributed by atoms with Crippen molar-refractivity contribution in [2.45, 2.75) is 16.8 Å². The maximum Gasteiger partial charge on any atom is 0.405 e. The molecule has 1 aromatic rings. The summed E-state index contributed by atoms with van der Waals surface area (Å²) in [5.74, 6) is -2.05. The highest BCUT2D eigenvalue weighted by Gasteiger charge is 2.31. The van der Waals surface area contributed by atoms with E-state index in [0.717, 1.165) is 0 Å². The number of carbonyl (C=O) groups is 1. The van der Waals surface area contributed by atoms with Crippen LogP contribution in [0.15, 0.2) is 16.6 Å². The van der Waals surface area contributed by atoms with E-state index in [1.165, 1.54) is 12.1 Å². The Hall–Kier alpha value is -1.05. The van der Waals surface area contributed by atoms with Gasteiger partial charge in [0.15, 0.2) is 0 Å². The lowest BCUT2D eigenvalue weighted by atomic mass is 9.52. The van der Waals surface area contributed by atoms with Crippen molar-refractivity contribution < 1.29 is 27.4 Å². The van der Waals surface area contributed by atoms with E-state index in [2.05, 4.69) is 15.9 Å². The van der Waals surface area contributed by atoms with Crippen LogP contribution in [0.25, 0.3) is 0 Å². The van der Waals surface area contributed by atoms with Crippen molar-refractivity contribution in [1.29, 1.82) is 0 Å². The van der Waals surface area contributed by atoms with E-state index < -0.39 is 46.3 Å². The summed E-state index contributed by atoms with van der Waals surface area (Å²) >= 11 is 3.07.